The lowest BCUT2D eigenvalue weighted by Crippen LogP contribution is -1.97. The summed E-state index contributed by atoms with van der Waals surface area (Å²) < 4.78 is 4.17. The molecule has 19 heavy (non-hydrogen) atoms. The Morgan fingerprint density at radius 2 is 2.11 bits per heavy atom. The van der Waals surface area contributed by atoms with E-state index in [0.717, 1.165) is 17.0 Å². The number of hydrogen-bond acceptors (Lipinski definition) is 4. The van der Waals surface area contributed by atoms with E-state index in [1.54, 1.807) is 23.4 Å². The zero-order chi connectivity index (χ0) is 13.4. The van der Waals surface area contributed by atoms with Gasteiger partial charge in [0.25, 0.3) is 0 Å². The van der Waals surface area contributed by atoms with Crippen molar-refractivity contribution in [1.82, 2.24) is 29.3 Å². The lowest BCUT2D eigenvalue weighted by molar-refractivity contribution is 0.768. The predicted molar refractivity (Wildman–Crippen MR) is 73.8 cm³/mol. The van der Waals surface area contributed by atoms with Crippen LogP contribution in [0.5, 0.6) is 0 Å². The van der Waals surface area contributed by atoms with Crippen molar-refractivity contribution in [3.05, 3.63) is 35.6 Å². The number of H-pyrrole nitrogens is 1. The van der Waals surface area contributed by atoms with Crippen molar-refractivity contribution in [2.75, 3.05) is 0 Å². The van der Waals surface area contributed by atoms with Gasteiger partial charge in [0.2, 0.25) is 0 Å². The summed E-state index contributed by atoms with van der Waals surface area (Å²) in [6.07, 6.45) is 7.19. The van der Waals surface area contributed by atoms with Crippen LogP contribution in [0.25, 0.3) is 22.8 Å². The molecule has 0 aliphatic heterocycles. The van der Waals surface area contributed by atoms with Crippen LogP contribution < -0.4 is 0 Å². The van der Waals surface area contributed by atoms with Gasteiger partial charge in [0.05, 0.1) is 24.4 Å². The van der Waals surface area contributed by atoms with E-state index >= 15 is 0 Å². The summed E-state index contributed by atoms with van der Waals surface area (Å²) >= 11 is 5.22. The van der Waals surface area contributed by atoms with Crippen molar-refractivity contribution in [1.29, 1.82) is 0 Å². The molecule has 0 fully saturated rings. The Hall–Kier alpha value is -2.28. The van der Waals surface area contributed by atoms with Crippen molar-refractivity contribution in [2.45, 2.75) is 0 Å². The summed E-state index contributed by atoms with van der Waals surface area (Å²) in [4.78, 5) is 11.7. The molecule has 6 nitrogen and oxygen atoms in total. The number of nitrogens with zero attached hydrogens (tertiary/aromatic N) is 5. The van der Waals surface area contributed by atoms with Gasteiger partial charge >= 0.3 is 0 Å². The van der Waals surface area contributed by atoms with E-state index in [4.69, 9.17) is 12.2 Å². The largest absolute Gasteiger partial charge is 0.338 e. The summed E-state index contributed by atoms with van der Waals surface area (Å²) in [5.41, 5.74) is 2.75. The number of aromatic amines is 1. The molecular formula is C12H12N6S. The lowest BCUT2D eigenvalue weighted by Gasteiger charge is -2.04. The van der Waals surface area contributed by atoms with Crippen molar-refractivity contribution in [3.63, 3.8) is 0 Å². The molecular weight excluding hydrogens is 260 g/mol. The van der Waals surface area contributed by atoms with Crippen LogP contribution in [0.1, 0.15) is 0 Å². The highest BCUT2D eigenvalue weighted by molar-refractivity contribution is 7.71. The molecule has 0 unspecified atom stereocenters. The van der Waals surface area contributed by atoms with E-state index in [9.17, 15) is 0 Å². The molecule has 0 aliphatic rings. The smallest absolute Gasteiger partial charge is 0.157 e. The minimum absolute atomic E-state index is 0.536. The highest BCUT2D eigenvalue weighted by atomic mass is 32.1. The van der Waals surface area contributed by atoms with Crippen molar-refractivity contribution in [2.24, 2.45) is 14.1 Å². The first-order chi connectivity index (χ1) is 9.13. The van der Waals surface area contributed by atoms with Gasteiger partial charge in [-0.25, -0.2) is 9.97 Å². The molecule has 0 saturated carbocycles. The molecule has 7 heteroatoms. The Balaban J connectivity index is 2.16. The predicted octanol–water partition coefficient (Wildman–Crippen LogP) is 1.94. The molecule has 0 radical (unpaired) electrons. The van der Waals surface area contributed by atoms with E-state index < -0.39 is 0 Å². The minimum atomic E-state index is 0.536. The topological polar surface area (TPSA) is 64.3 Å². The molecule has 3 rings (SSSR count). The normalized spacial score (nSPS) is 10.8. The monoisotopic (exact) mass is 272 g/mol. The number of aromatic nitrogens is 6. The third kappa shape index (κ3) is 2.19. The Morgan fingerprint density at radius 3 is 2.74 bits per heavy atom. The van der Waals surface area contributed by atoms with E-state index in [2.05, 4.69) is 20.1 Å². The third-order valence-corrected chi connectivity index (χ3v) is 3.03. The van der Waals surface area contributed by atoms with E-state index in [-0.39, 0.29) is 0 Å². The number of imidazole rings is 1. The average Bonchev–Trinajstić information content (AvgIpc) is 2.97. The van der Waals surface area contributed by atoms with Crippen LogP contribution >= 0.6 is 12.2 Å². The van der Waals surface area contributed by atoms with Gasteiger partial charge in [-0.3, -0.25) is 4.68 Å². The lowest BCUT2D eigenvalue weighted by atomic mass is 10.2. The fraction of sp³-hybridized carbons (Fsp3) is 0.167. The SMILES string of the molecule is Cn1cc(-c2cc(=S)nc(-c3cncn3C)[nH]2)cn1. The number of aryl methyl sites for hydroxylation is 2. The maximum absolute atomic E-state index is 5.22. The van der Waals surface area contributed by atoms with Gasteiger partial charge in [-0.15, -0.1) is 0 Å². The van der Waals surface area contributed by atoms with Crippen LogP contribution in [0, 0.1) is 4.64 Å². The van der Waals surface area contributed by atoms with Crippen LogP contribution in [0.4, 0.5) is 0 Å². The Labute approximate surface area is 114 Å². The molecule has 3 aromatic heterocycles. The second-order valence-electron chi connectivity index (χ2n) is 4.27. The van der Waals surface area contributed by atoms with E-state index in [0.29, 0.717) is 10.5 Å². The van der Waals surface area contributed by atoms with Crippen molar-refractivity contribution >= 4 is 12.2 Å². The third-order valence-electron chi connectivity index (χ3n) is 2.82. The Bertz CT molecular complexity index is 781. The van der Waals surface area contributed by atoms with Crippen LogP contribution in [-0.4, -0.2) is 29.3 Å². The maximum Gasteiger partial charge on any atom is 0.157 e. The average molecular weight is 272 g/mol. The first-order valence-corrected chi connectivity index (χ1v) is 6.11. The van der Waals surface area contributed by atoms with E-state index in [1.165, 1.54) is 0 Å². The molecule has 0 saturated heterocycles. The number of rotatable bonds is 2. The van der Waals surface area contributed by atoms with Gasteiger partial charge in [0, 0.05) is 25.9 Å². The van der Waals surface area contributed by atoms with Gasteiger partial charge in [-0.05, 0) is 6.07 Å². The summed E-state index contributed by atoms with van der Waals surface area (Å²) in [6.45, 7) is 0. The fourth-order valence-corrected chi connectivity index (χ4v) is 2.09. The standard InChI is InChI=1S/C12H12N6S/c1-17-7-13-5-10(17)12-15-9(3-11(19)16-12)8-4-14-18(2)6-8/h3-7H,1-2H3,(H,15,16,19). The summed E-state index contributed by atoms with van der Waals surface area (Å²) in [7, 11) is 3.79. The number of nitrogens with one attached hydrogen (secondary N) is 1. The molecule has 0 aliphatic carbocycles. The molecule has 0 bridgehead atoms. The van der Waals surface area contributed by atoms with Crippen molar-refractivity contribution in [3.8, 4) is 22.8 Å². The molecule has 0 amide bonds. The van der Waals surface area contributed by atoms with Gasteiger partial charge in [0.15, 0.2) is 5.82 Å². The summed E-state index contributed by atoms with van der Waals surface area (Å²) in [6, 6.07) is 1.83. The Kier molecular flexibility index (Phi) is 2.75. The molecule has 1 N–H and O–H groups in total. The second kappa shape index (κ2) is 4.43. The van der Waals surface area contributed by atoms with Crippen LogP contribution in [0.2, 0.25) is 0 Å². The number of hydrogen-bond donors (Lipinski definition) is 1. The molecule has 3 heterocycles. The molecule has 0 atom stereocenters. The van der Waals surface area contributed by atoms with Gasteiger partial charge in [-0.2, -0.15) is 5.10 Å². The second-order valence-corrected chi connectivity index (χ2v) is 4.69. The summed E-state index contributed by atoms with van der Waals surface area (Å²) in [5, 5.41) is 4.16. The van der Waals surface area contributed by atoms with Crippen LogP contribution in [0.15, 0.2) is 31.0 Å². The maximum atomic E-state index is 5.22. The fourth-order valence-electron chi connectivity index (χ4n) is 1.88. The van der Waals surface area contributed by atoms with Crippen LogP contribution in [-0.2, 0) is 14.1 Å². The molecule has 3 aromatic rings. The quantitative estimate of drug-likeness (QED) is 0.724. The minimum Gasteiger partial charge on any atom is -0.338 e. The van der Waals surface area contributed by atoms with E-state index in [1.807, 2.05) is 30.9 Å². The first-order valence-electron chi connectivity index (χ1n) is 5.70. The molecule has 0 spiro atoms. The zero-order valence-corrected chi connectivity index (χ0v) is 11.3. The van der Waals surface area contributed by atoms with Crippen LogP contribution in [0.3, 0.4) is 0 Å². The summed E-state index contributed by atoms with van der Waals surface area (Å²) in [5.74, 6) is 0.700. The van der Waals surface area contributed by atoms with Crippen molar-refractivity contribution < 1.29 is 0 Å². The van der Waals surface area contributed by atoms with Gasteiger partial charge < -0.3 is 9.55 Å². The first kappa shape index (κ1) is 11.8. The Morgan fingerprint density at radius 1 is 1.26 bits per heavy atom. The highest BCUT2D eigenvalue weighted by Gasteiger charge is 2.08. The molecule has 96 valence electrons. The zero-order valence-electron chi connectivity index (χ0n) is 10.5. The highest BCUT2D eigenvalue weighted by Crippen LogP contribution is 2.20. The molecule has 0 aromatic carbocycles. The van der Waals surface area contributed by atoms with Gasteiger partial charge in [0.1, 0.15) is 10.3 Å². The van der Waals surface area contributed by atoms with Gasteiger partial charge in [-0.1, -0.05) is 12.2 Å².